The number of nitrogens with one attached hydrogen (secondary N) is 1. The summed E-state index contributed by atoms with van der Waals surface area (Å²) < 4.78 is 10.9. The highest BCUT2D eigenvalue weighted by molar-refractivity contribution is 5.04. The highest BCUT2D eigenvalue weighted by atomic mass is 16.5. The lowest BCUT2D eigenvalue weighted by atomic mass is 9.83. The molecule has 2 aliphatic rings. The van der Waals surface area contributed by atoms with Crippen LogP contribution < -0.4 is 5.32 Å². The molecule has 1 aromatic rings. The van der Waals surface area contributed by atoms with Crippen LogP contribution in [0.15, 0.2) is 10.6 Å². The van der Waals surface area contributed by atoms with Crippen LogP contribution in [0.25, 0.3) is 0 Å². The van der Waals surface area contributed by atoms with Gasteiger partial charge in [0.15, 0.2) is 5.76 Å². The summed E-state index contributed by atoms with van der Waals surface area (Å²) in [5, 5.41) is 7.46. The van der Waals surface area contributed by atoms with Crippen molar-refractivity contribution in [3.8, 4) is 0 Å². The molecular formula is C14H22N2O2. The zero-order chi connectivity index (χ0) is 12.2. The van der Waals surface area contributed by atoms with Crippen molar-refractivity contribution < 1.29 is 9.26 Å². The number of hydrogen-bond donors (Lipinski definition) is 1. The molecule has 4 heteroatoms. The predicted molar refractivity (Wildman–Crippen MR) is 68.0 cm³/mol. The Balaban J connectivity index is 1.31. The van der Waals surface area contributed by atoms with Crippen molar-refractivity contribution in [2.24, 2.45) is 5.92 Å². The highest BCUT2D eigenvalue weighted by Crippen LogP contribution is 2.29. The molecule has 0 aliphatic heterocycles. The normalized spacial score (nSPS) is 20.0. The van der Waals surface area contributed by atoms with Gasteiger partial charge in [0.1, 0.15) is 6.61 Å². The van der Waals surface area contributed by atoms with Crippen LogP contribution in [0.5, 0.6) is 0 Å². The number of rotatable bonds is 8. The topological polar surface area (TPSA) is 47.3 Å². The van der Waals surface area contributed by atoms with Gasteiger partial charge in [-0.05, 0) is 25.2 Å². The van der Waals surface area contributed by atoms with Crippen LogP contribution in [0.4, 0.5) is 0 Å². The Morgan fingerprint density at radius 1 is 1.33 bits per heavy atom. The molecule has 18 heavy (non-hydrogen) atoms. The van der Waals surface area contributed by atoms with Crippen molar-refractivity contribution in [3.05, 3.63) is 17.5 Å². The van der Waals surface area contributed by atoms with Crippen LogP contribution in [0.3, 0.4) is 0 Å². The lowest BCUT2D eigenvalue weighted by Crippen LogP contribution is -2.15. The van der Waals surface area contributed by atoms with E-state index in [4.69, 9.17) is 9.26 Å². The van der Waals surface area contributed by atoms with Crippen LogP contribution in [0.2, 0.25) is 0 Å². The van der Waals surface area contributed by atoms with Crippen LogP contribution >= 0.6 is 0 Å². The Morgan fingerprint density at radius 3 is 2.94 bits per heavy atom. The minimum Gasteiger partial charge on any atom is -0.373 e. The average molecular weight is 250 g/mol. The van der Waals surface area contributed by atoms with E-state index in [1.165, 1.54) is 38.5 Å². The fourth-order valence-electron chi connectivity index (χ4n) is 2.25. The first-order chi connectivity index (χ1) is 8.90. The van der Waals surface area contributed by atoms with Gasteiger partial charge in [-0.2, -0.15) is 0 Å². The SMILES string of the molecule is c1c(CNC2CC2)noc1COCCC1CCC1. The second-order valence-electron chi connectivity index (χ2n) is 5.58. The van der Waals surface area contributed by atoms with E-state index < -0.39 is 0 Å². The molecule has 1 heterocycles. The highest BCUT2D eigenvalue weighted by Gasteiger charge is 2.20. The quantitative estimate of drug-likeness (QED) is 0.720. The van der Waals surface area contributed by atoms with E-state index in [2.05, 4.69) is 10.5 Å². The fraction of sp³-hybridized carbons (Fsp3) is 0.786. The van der Waals surface area contributed by atoms with E-state index >= 15 is 0 Å². The molecular weight excluding hydrogens is 228 g/mol. The van der Waals surface area contributed by atoms with Gasteiger partial charge < -0.3 is 14.6 Å². The first-order valence-corrected chi connectivity index (χ1v) is 7.16. The summed E-state index contributed by atoms with van der Waals surface area (Å²) in [5.74, 6) is 1.76. The molecule has 4 nitrogen and oxygen atoms in total. The molecule has 2 aliphatic carbocycles. The molecule has 0 saturated heterocycles. The Labute approximate surface area is 108 Å². The predicted octanol–water partition coefficient (Wildman–Crippen LogP) is 2.63. The van der Waals surface area contributed by atoms with Crippen LogP contribution in [0, 0.1) is 5.92 Å². The molecule has 0 radical (unpaired) electrons. The van der Waals surface area contributed by atoms with E-state index in [-0.39, 0.29) is 0 Å². The van der Waals surface area contributed by atoms with Crippen molar-refractivity contribution in [3.63, 3.8) is 0 Å². The maximum absolute atomic E-state index is 5.62. The third-order valence-electron chi connectivity index (χ3n) is 3.90. The molecule has 0 spiro atoms. The third-order valence-corrected chi connectivity index (χ3v) is 3.90. The Bertz CT molecular complexity index is 370. The molecule has 2 saturated carbocycles. The number of hydrogen-bond acceptors (Lipinski definition) is 4. The van der Waals surface area contributed by atoms with Gasteiger partial charge in [-0.1, -0.05) is 24.4 Å². The van der Waals surface area contributed by atoms with E-state index in [0.29, 0.717) is 12.6 Å². The molecule has 1 N–H and O–H groups in total. The van der Waals surface area contributed by atoms with E-state index in [1.807, 2.05) is 6.07 Å². The lowest BCUT2D eigenvalue weighted by Gasteiger charge is -2.24. The summed E-state index contributed by atoms with van der Waals surface area (Å²) in [7, 11) is 0. The van der Waals surface area contributed by atoms with Gasteiger partial charge >= 0.3 is 0 Å². The minimum atomic E-state index is 0.559. The number of ether oxygens (including phenoxy) is 1. The Hall–Kier alpha value is -0.870. The number of nitrogens with zero attached hydrogens (tertiary/aromatic N) is 1. The molecule has 0 aromatic carbocycles. The molecule has 2 fully saturated rings. The summed E-state index contributed by atoms with van der Waals surface area (Å²) in [6.45, 7) is 2.22. The third kappa shape index (κ3) is 3.56. The van der Waals surface area contributed by atoms with Crippen LogP contribution in [-0.4, -0.2) is 17.8 Å². The maximum atomic E-state index is 5.62. The van der Waals surface area contributed by atoms with E-state index in [0.717, 1.165) is 30.5 Å². The summed E-state index contributed by atoms with van der Waals surface area (Å²) >= 11 is 0. The van der Waals surface area contributed by atoms with Crippen LogP contribution in [-0.2, 0) is 17.9 Å². The second-order valence-corrected chi connectivity index (χ2v) is 5.58. The molecule has 0 bridgehead atoms. The minimum absolute atomic E-state index is 0.559. The van der Waals surface area contributed by atoms with Crippen molar-refractivity contribution in [1.82, 2.24) is 10.5 Å². The Morgan fingerprint density at radius 2 is 2.22 bits per heavy atom. The smallest absolute Gasteiger partial charge is 0.162 e. The molecule has 100 valence electrons. The van der Waals surface area contributed by atoms with Gasteiger partial charge in [0.25, 0.3) is 0 Å². The summed E-state index contributed by atoms with van der Waals surface area (Å²) in [4.78, 5) is 0. The van der Waals surface area contributed by atoms with Crippen molar-refractivity contribution in [1.29, 1.82) is 0 Å². The van der Waals surface area contributed by atoms with Gasteiger partial charge in [0.05, 0.1) is 5.69 Å². The van der Waals surface area contributed by atoms with E-state index in [9.17, 15) is 0 Å². The van der Waals surface area contributed by atoms with Crippen molar-refractivity contribution in [2.45, 2.75) is 57.7 Å². The molecule has 0 unspecified atom stereocenters. The number of aromatic nitrogens is 1. The standard InChI is InChI=1S/C14H22N2O2/c1-2-11(3-1)6-7-17-10-14-8-13(16-18-14)9-15-12-4-5-12/h8,11-12,15H,1-7,9-10H2. The zero-order valence-electron chi connectivity index (χ0n) is 10.9. The monoisotopic (exact) mass is 250 g/mol. The summed E-state index contributed by atoms with van der Waals surface area (Å²) in [6.07, 6.45) is 7.99. The van der Waals surface area contributed by atoms with Gasteiger partial charge in [0, 0.05) is 25.3 Å². The van der Waals surface area contributed by atoms with Crippen molar-refractivity contribution in [2.75, 3.05) is 6.61 Å². The maximum Gasteiger partial charge on any atom is 0.162 e. The van der Waals surface area contributed by atoms with Crippen LogP contribution in [0.1, 0.15) is 50.0 Å². The first-order valence-electron chi connectivity index (χ1n) is 7.16. The molecule has 0 amide bonds. The van der Waals surface area contributed by atoms with E-state index in [1.54, 1.807) is 0 Å². The largest absolute Gasteiger partial charge is 0.373 e. The fourth-order valence-corrected chi connectivity index (χ4v) is 2.25. The summed E-state index contributed by atoms with van der Waals surface area (Å²) in [5.41, 5.74) is 0.986. The van der Waals surface area contributed by atoms with Gasteiger partial charge in [-0.25, -0.2) is 0 Å². The average Bonchev–Trinajstić information content (AvgIpc) is 3.04. The second kappa shape index (κ2) is 5.85. The molecule has 0 atom stereocenters. The van der Waals surface area contributed by atoms with Gasteiger partial charge in [0.2, 0.25) is 0 Å². The molecule has 1 aromatic heterocycles. The van der Waals surface area contributed by atoms with Crippen molar-refractivity contribution >= 4 is 0 Å². The Kier molecular flexibility index (Phi) is 3.96. The lowest BCUT2D eigenvalue weighted by molar-refractivity contribution is 0.0799. The van der Waals surface area contributed by atoms with Gasteiger partial charge in [-0.15, -0.1) is 0 Å². The van der Waals surface area contributed by atoms with Gasteiger partial charge in [-0.3, -0.25) is 0 Å². The first kappa shape index (κ1) is 12.2. The summed E-state index contributed by atoms with van der Waals surface area (Å²) in [6, 6.07) is 2.71. The molecule has 3 rings (SSSR count). The zero-order valence-corrected chi connectivity index (χ0v) is 10.9.